The van der Waals surface area contributed by atoms with Crippen LogP contribution in [0.3, 0.4) is 0 Å². The Morgan fingerprint density at radius 1 is 1.23 bits per heavy atom. The molecule has 1 aliphatic heterocycles. The molecule has 0 saturated carbocycles. The summed E-state index contributed by atoms with van der Waals surface area (Å²) >= 11 is 0. The molecule has 0 spiro atoms. The van der Waals surface area contributed by atoms with Crippen LogP contribution in [0.25, 0.3) is 0 Å². The fourth-order valence-corrected chi connectivity index (χ4v) is 3.13. The zero-order chi connectivity index (χ0) is 14.8. The molecule has 0 aliphatic carbocycles. The lowest BCUT2D eigenvalue weighted by Crippen LogP contribution is -2.29. The Morgan fingerprint density at radius 2 is 2.05 bits per heavy atom. The molecule has 3 nitrogen and oxygen atoms in total. The van der Waals surface area contributed by atoms with Crippen LogP contribution in [0.5, 0.6) is 5.75 Å². The molecule has 0 atom stereocenters. The summed E-state index contributed by atoms with van der Waals surface area (Å²) < 4.78 is 5.50. The average Bonchev–Trinajstić information content (AvgIpc) is 2.49. The molecule has 0 saturated heterocycles. The number of ether oxygens (including phenoxy) is 1. The van der Waals surface area contributed by atoms with Gasteiger partial charge in [0.05, 0.1) is 7.11 Å². The Kier molecular flexibility index (Phi) is 5.19. The van der Waals surface area contributed by atoms with Crippen molar-refractivity contribution in [3.05, 3.63) is 53.1 Å². The van der Waals surface area contributed by atoms with Crippen LogP contribution < -0.4 is 15.4 Å². The standard InChI is InChI=1S/C18H22N2O.ClH/c1-13-8-9-18(21-2)14(11-13)12-20-10-4-5-15-16(19)6-3-7-17(15)20;/h3,6-9,11H,4-5,10,12,19H2,1-2H3;1H. The second kappa shape index (κ2) is 6.93. The van der Waals surface area contributed by atoms with E-state index in [0.29, 0.717) is 0 Å². The van der Waals surface area contributed by atoms with Crippen LogP contribution in [0, 0.1) is 6.92 Å². The van der Waals surface area contributed by atoms with Crippen molar-refractivity contribution in [3.8, 4) is 5.75 Å². The number of methoxy groups -OCH3 is 1. The zero-order valence-electron chi connectivity index (χ0n) is 13.1. The van der Waals surface area contributed by atoms with Gasteiger partial charge in [-0.1, -0.05) is 23.8 Å². The number of benzene rings is 2. The van der Waals surface area contributed by atoms with Gasteiger partial charge in [-0.3, -0.25) is 0 Å². The number of halogens is 1. The third-order valence-electron chi connectivity index (χ3n) is 4.18. The molecule has 0 aromatic heterocycles. The van der Waals surface area contributed by atoms with Crippen LogP contribution in [0.4, 0.5) is 11.4 Å². The molecule has 22 heavy (non-hydrogen) atoms. The number of hydrogen-bond donors (Lipinski definition) is 1. The summed E-state index contributed by atoms with van der Waals surface area (Å²) in [7, 11) is 1.73. The van der Waals surface area contributed by atoms with E-state index in [-0.39, 0.29) is 12.4 Å². The number of rotatable bonds is 3. The van der Waals surface area contributed by atoms with E-state index < -0.39 is 0 Å². The normalized spacial score (nSPS) is 13.3. The van der Waals surface area contributed by atoms with E-state index in [0.717, 1.165) is 37.4 Å². The molecule has 4 heteroatoms. The first kappa shape index (κ1) is 16.5. The van der Waals surface area contributed by atoms with Gasteiger partial charge in [0, 0.05) is 30.0 Å². The lowest BCUT2D eigenvalue weighted by molar-refractivity contribution is 0.409. The lowest BCUT2D eigenvalue weighted by Gasteiger charge is -2.32. The van der Waals surface area contributed by atoms with Gasteiger partial charge in [0.1, 0.15) is 5.75 Å². The summed E-state index contributed by atoms with van der Waals surface area (Å²) in [5.41, 5.74) is 12.1. The van der Waals surface area contributed by atoms with Crippen molar-refractivity contribution in [2.24, 2.45) is 0 Å². The van der Waals surface area contributed by atoms with Gasteiger partial charge in [-0.15, -0.1) is 12.4 Å². The van der Waals surface area contributed by atoms with Crippen LogP contribution in [0.1, 0.15) is 23.1 Å². The number of hydrogen-bond acceptors (Lipinski definition) is 3. The summed E-state index contributed by atoms with van der Waals surface area (Å²) in [6, 6.07) is 12.6. The van der Waals surface area contributed by atoms with Crippen LogP contribution in [0.2, 0.25) is 0 Å². The maximum Gasteiger partial charge on any atom is 0.123 e. The fraction of sp³-hybridized carbons (Fsp3) is 0.333. The lowest BCUT2D eigenvalue weighted by atomic mass is 9.99. The second-order valence-corrected chi connectivity index (χ2v) is 5.69. The minimum atomic E-state index is 0. The zero-order valence-corrected chi connectivity index (χ0v) is 14.0. The Hall–Kier alpha value is -1.87. The summed E-state index contributed by atoms with van der Waals surface area (Å²) in [6.45, 7) is 4.04. The van der Waals surface area contributed by atoms with E-state index >= 15 is 0 Å². The van der Waals surface area contributed by atoms with E-state index in [1.54, 1.807) is 7.11 Å². The molecule has 0 amide bonds. The van der Waals surface area contributed by atoms with Gasteiger partial charge < -0.3 is 15.4 Å². The van der Waals surface area contributed by atoms with Crippen molar-refractivity contribution < 1.29 is 4.74 Å². The van der Waals surface area contributed by atoms with Crippen molar-refractivity contribution in [1.29, 1.82) is 0 Å². The highest BCUT2D eigenvalue weighted by atomic mass is 35.5. The van der Waals surface area contributed by atoms with Crippen molar-refractivity contribution in [2.45, 2.75) is 26.3 Å². The number of fused-ring (bicyclic) bond motifs is 1. The topological polar surface area (TPSA) is 38.5 Å². The largest absolute Gasteiger partial charge is 0.496 e. The molecule has 118 valence electrons. The summed E-state index contributed by atoms with van der Waals surface area (Å²) in [5, 5.41) is 0. The second-order valence-electron chi connectivity index (χ2n) is 5.69. The third-order valence-corrected chi connectivity index (χ3v) is 4.18. The highest BCUT2D eigenvalue weighted by molar-refractivity contribution is 5.85. The average molecular weight is 319 g/mol. The first-order chi connectivity index (χ1) is 10.2. The molecule has 2 N–H and O–H groups in total. The third kappa shape index (κ3) is 3.14. The quantitative estimate of drug-likeness (QED) is 0.871. The minimum absolute atomic E-state index is 0. The fourth-order valence-electron chi connectivity index (χ4n) is 3.13. The summed E-state index contributed by atoms with van der Waals surface area (Å²) in [6.07, 6.45) is 2.22. The highest BCUT2D eigenvalue weighted by Gasteiger charge is 2.19. The van der Waals surface area contributed by atoms with E-state index in [4.69, 9.17) is 10.5 Å². The van der Waals surface area contributed by atoms with Crippen LogP contribution in [0.15, 0.2) is 36.4 Å². The van der Waals surface area contributed by atoms with Gasteiger partial charge in [-0.05, 0) is 43.5 Å². The number of nitrogens with zero attached hydrogens (tertiary/aromatic N) is 1. The van der Waals surface area contributed by atoms with Gasteiger partial charge in [0.2, 0.25) is 0 Å². The Balaban J connectivity index is 0.00000176. The minimum Gasteiger partial charge on any atom is -0.496 e. The Morgan fingerprint density at radius 3 is 2.82 bits per heavy atom. The Bertz CT molecular complexity index is 658. The smallest absolute Gasteiger partial charge is 0.123 e. The van der Waals surface area contributed by atoms with Crippen molar-refractivity contribution >= 4 is 23.8 Å². The molecular weight excluding hydrogens is 296 g/mol. The predicted molar refractivity (Wildman–Crippen MR) is 95.2 cm³/mol. The molecule has 0 bridgehead atoms. The number of nitrogens with two attached hydrogens (primary N) is 1. The molecule has 0 fully saturated rings. The monoisotopic (exact) mass is 318 g/mol. The van der Waals surface area contributed by atoms with Gasteiger partial charge in [-0.25, -0.2) is 0 Å². The number of aryl methyl sites for hydroxylation is 1. The maximum atomic E-state index is 6.13. The molecule has 0 radical (unpaired) electrons. The van der Waals surface area contributed by atoms with Crippen LogP contribution in [-0.2, 0) is 13.0 Å². The summed E-state index contributed by atoms with van der Waals surface area (Å²) in [5.74, 6) is 0.955. The van der Waals surface area contributed by atoms with Crippen LogP contribution in [-0.4, -0.2) is 13.7 Å². The van der Waals surface area contributed by atoms with Gasteiger partial charge in [0.15, 0.2) is 0 Å². The van der Waals surface area contributed by atoms with Gasteiger partial charge in [0.25, 0.3) is 0 Å². The van der Waals surface area contributed by atoms with Crippen LogP contribution >= 0.6 is 12.4 Å². The molecular formula is C18H23ClN2O. The first-order valence-corrected chi connectivity index (χ1v) is 7.45. The van der Waals surface area contributed by atoms with Crippen molar-refractivity contribution in [1.82, 2.24) is 0 Å². The van der Waals surface area contributed by atoms with Crippen molar-refractivity contribution in [3.63, 3.8) is 0 Å². The molecule has 1 aliphatic rings. The Labute approximate surface area is 138 Å². The van der Waals surface area contributed by atoms with E-state index in [9.17, 15) is 0 Å². The van der Waals surface area contributed by atoms with E-state index in [1.807, 2.05) is 12.1 Å². The molecule has 0 unspecified atom stereocenters. The highest BCUT2D eigenvalue weighted by Crippen LogP contribution is 2.33. The molecule has 3 rings (SSSR count). The summed E-state index contributed by atoms with van der Waals surface area (Å²) in [4.78, 5) is 2.41. The van der Waals surface area contributed by atoms with Crippen molar-refractivity contribution in [2.75, 3.05) is 24.3 Å². The number of anilines is 2. The van der Waals surface area contributed by atoms with Gasteiger partial charge in [-0.2, -0.15) is 0 Å². The predicted octanol–water partition coefficient (Wildman–Crippen LogP) is 3.96. The molecule has 1 heterocycles. The molecule has 2 aromatic rings. The maximum absolute atomic E-state index is 6.13. The first-order valence-electron chi connectivity index (χ1n) is 7.45. The van der Waals surface area contributed by atoms with E-state index in [1.165, 1.54) is 22.4 Å². The number of nitrogen functional groups attached to an aromatic ring is 1. The SMILES string of the molecule is COc1ccc(C)cc1CN1CCCc2c(N)cccc21.Cl. The van der Waals surface area contributed by atoms with E-state index in [2.05, 4.69) is 36.1 Å². The van der Waals surface area contributed by atoms with Gasteiger partial charge >= 0.3 is 0 Å². The molecule has 2 aromatic carbocycles.